The van der Waals surface area contributed by atoms with Gasteiger partial charge in [0.25, 0.3) is 5.88 Å². The van der Waals surface area contributed by atoms with Crippen LogP contribution in [0, 0.1) is 0 Å². The lowest BCUT2D eigenvalue weighted by Gasteiger charge is -2.13. The van der Waals surface area contributed by atoms with E-state index in [1.54, 1.807) is 20.4 Å². The Labute approximate surface area is 78.7 Å². The van der Waals surface area contributed by atoms with E-state index in [0.717, 1.165) is 11.3 Å². The van der Waals surface area contributed by atoms with E-state index in [9.17, 15) is 0 Å². The minimum absolute atomic E-state index is 0.409. The van der Waals surface area contributed by atoms with Crippen molar-refractivity contribution in [2.24, 2.45) is 0 Å². The van der Waals surface area contributed by atoms with Crippen LogP contribution >= 0.6 is 0 Å². The van der Waals surface area contributed by atoms with E-state index in [0.29, 0.717) is 11.8 Å². The molecule has 0 unspecified atom stereocenters. The first-order valence-corrected chi connectivity index (χ1v) is 4.27. The highest BCUT2D eigenvalue weighted by atomic mass is 16.5. The number of methoxy groups -OCH3 is 2. The number of nitrogens with zero attached hydrogens (tertiary/aromatic N) is 1. The molecule has 3 nitrogen and oxygen atoms in total. The molecule has 0 aliphatic rings. The molecular weight excluding hydrogens is 166 g/mol. The predicted octanol–water partition coefficient (Wildman–Crippen LogP) is 2.22. The SMILES string of the molecule is COc1nccc(C(C)C)c1OC. The first-order chi connectivity index (χ1) is 6.20. The van der Waals surface area contributed by atoms with Crippen molar-refractivity contribution in [3.8, 4) is 11.6 Å². The van der Waals surface area contributed by atoms with Crippen LogP contribution in [0.15, 0.2) is 12.3 Å². The summed E-state index contributed by atoms with van der Waals surface area (Å²) in [6, 6.07) is 1.95. The predicted molar refractivity (Wildman–Crippen MR) is 51.4 cm³/mol. The fourth-order valence-electron chi connectivity index (χ4n) is 1.25. The molecular formula is C10H15NO2. The molecule has 0 saturated heterocycles. The van der Waals surface area contributed by atoms with Gasteiger partial charge in [-0.05, 0) is 12.0 Å². The van der Waals surface area contributed by atoms with Crippen LogP contribution in [0.3, 0.4) is 0 Å². The number of rotatable bonds is 3. The number of hydrogen-bond donors (Lipinski definition) is 0. The highest BCUT2D eigenvalue weighted by Gasteiger charge is 2.12. The van der Waals surface area contributed by atoms with Gasteiger partial charge in [-0.2, -0.15) is 0 Å². The van der Waals surface area contributed by atoms with Gasteiger partial charge >= 0.3 is 0 Å². The first kappa shape index (κ1) is 9.84. The van der Waals surface area contributed by atoms with E-state index in [2.05, 4.69) is 18.8 Å². The highest BCUT2D eigenvalue weighted by Crippen LogP contribution is 2.32. The average Bonchev–Trinajstić information content (AvgIpc) is 2.16. The largest absolute Gasteiger partial charge is 0.491 e. The Balaban J connectivity index is 3.19. The van der Waals surface area contributed by atoms with Crippen LogP contribution < -0.4 is 9.47 Å². The molecule has 3 heteroatoms. The van der Waals surface area contributed by atoms with Gasteiger partial charge in [-0.15, -0.1) is 0 Å². The van der Waals surface area contributed by atoms with Gasteiger partial charge in [-0.1, -0.05) is 13.8 Å². The smallest absolute Gasteiger partial charge is 0.256 e. The first-order valence-electron chi connectivity index (χ1n) is 4.27. The summed E-state index contributed by atoms with van der Waals surface area (Å²) in [6.45, 7) is 4.22. The molecule has 13 heavy (non-hydrogen) atoms. The van der Waals surface area contributed by atoms with Crippen LogP contribution in [0.2, 0.25) is 0 Å². The summed E-state index contributed by atoms with van der Waals surface area (Å²) in [6.07, 6.45) is 1.73. The molecule has 0 aliphatic heterocycles. The third-order valence-corrected chi connectivity index (χ3v) is 1.92. The number of pyridine rings is 1. The zero-order valence-electron chi connectivity index (χ0n) is 8.50. The molecule has 0 N–H and O–H groups in total. The molecule has 0 aliphatic carbocycles. The summed E-state index contributed by atoms with van der Waals surface area (Å²) in [5, 5.41) is 0. The third-order valence-electron chi connectivity index (χ3n) is 1.92. The molecule has 0 bridgehead atoms. The van der Waals surface area contributed by atoms with Gasteiger partial charge in [0.05, 0.1) is 14.2 Å². The molecule has 0 aromatic carbocycles. The normalized spacial score (nSPS) is 10.2. The lowest BCUT2D eigenvalue weighted by molar-refractivity contribution is 0.338. The summed E-state index contributed by atoms with van der Waals surface area (Å²) < 4.78 is 10.3. The van der Waals surface area contributed by atoms with Crippen molar-refractivity contribution in [3.63, 3.8) is 0 Å². The van der Waals surface area contributed by atoms with Gasteiger partial charge in [-0.3, -0.25) is 0 Å². The van der Waals surface area contributed by atoms with Gasteiger partial charge < -0.3 is 9.47 Å². The minimum atomic E-state index is 0.409. The lowest BCUT2D eigenvalue weighted by Crippen LogP contribution is -1.99. The second-order valence-electron chi connectivity index (χ2n) is 3.10. The highest BCUT2D eigenvalue weighted by molar-refractivity contribution is 5.42. The quantitative estimate of drug-likeness (QED) is 0.716. The van der Waals surface area contributed by atoms with Gasteiger partial charge in [0.15, 0.2) is 5.75 Å². The van der Waals surface area contributed by atoms with Crippen molar-refractivity contribution < 1.29 is 9.47 Å². The van der Waals surface area contributed by atoms with Crippen molar-refractivity contribution in [1.82, 2.24) is 4.98 Å². The standard InChI is InChI=1S/C10H15NO2/c1-7(2)8-5-6-11-10(13-4)9(8)12-3/h5-7H,1-4H3. The Morgan fingerprint density at radius 1 is 1.23 bits per heavy atom. The second-order valence-corrected chi connectivity index (χ2v) is 3.10. The molecule has 1 aromatic rings. The maximum absolute atomic E-state index is 5.24. The lowest BCUT2D eigenvalue weighted by atomic mass is 10.0. The van der Waals surface area contributed by atoms with Gasteiger partial charge in [0.2, 0.25) is 0 Å². The topological polar surface area (TPSA) is 31.4 Å². The summed E-state index contributed by atoms with van der Waals surface area (Å²) in [7, 11) is 3.22. The number of ether oxygens (including phenoxy) is 2. The molecule has 1 aromatic heterocycles. The maximum Gasteiger partial charge on any atom is 0.256 e. The van der Waals surface area contributed by atoms with E-state index in [4.69, 9.17) is 9.47 Å². The van der Waals surface area contributed by atoms with Crippen LogP contribution in [-0.2, 0) is 0 Å². The third kappa shape index (κ3) is 1.91. The van der Waals surface area contributed by atoms with Crippen molar-refractivity contribution in [2.45, 2.75) is 19.8 Å². The van der Waals surface area contributed by atoms with Crippen LogP contribution in [0.5, 0.6) is 11.6 Å². The van der Waals surface area contributed by atoms with Crippen LogP contribution in [0.1, 0.15) is 25.3 Å². The van der Waals surface area contributed by atoms with Gasteiger partial charge in [-0.25, -0.2) is 4.98 Å². The van der Waals surface area contributed by atoms with Crippen LogP contribution in [0.4, 0.5) is 0 Å². The van der Waals surface area contributed by atoms with E-state index >= 15 is 0 Å². The Kier molecular flexibility index (Phi) is 3.12. The second kappa shape index (κ2) is 4.12. The minimum Gasteiger partial charge on any atom is -0.491 e. The van der Waals surface area contributed by atoms with Crippen molar-refractivity contribution in [1.29, 1.82) is 0 Å². The molecule has 1 heterocycles. The summed E-state index contributed by atoms with van der Waals surface area (Å²) in [5.41, 5.74) is 1.12. The van der Waals surface area contributed by atoms with E-state index < -0.39 is 0 Å². The number of aromatic nitrogens is 1. The average molecular weight is 181 g/mol. The van der Waals surface area contributed by atoms with Crippen LogP contribution in [-0.4, -0.2) is 19.2 Å². The Morgan fingerprint density at radius 2 is 1.92 bits per heavy atom. The summed E-state index contributed by atoms with van der Waals surface area (Å²) in [4.78, 5) is 4.06. The zero-order valence-corrected chi connectivity index (χ0v) is 8.50. The zero-order chi connectivity index (χ0) is 9.84. The molecule has 0 spiro atoms. The fraction of sp³-hybridized carbons (Fsp3) is 0.500. The van der Waals surface area contributed by atoms with Gasteiger partial charge in [0.1, 0.15) is 0 Å². The molecule has 1 rings (SSSR count). The maximum atomic E-state index is 5.24. The molecule has 72 valence electrons. The van der Waals surface area contributed by atoms with E-state index in [-0.39, 0.29) is 0 Å². The summed E-state index contributed by atoms with van der Waals surface area (Å²) in [5.74, 6) is 1.69. The van der Waals surface area contributed by atoms with Crippen molar-refractivity contribution in [3.05, 3.63) is 17.8 Å². The number of hydrogen-bond acceptors (Lipinski definition) is 3. The molecule has 0 fully saturated rings. The van der Waals surface area contributed by atoms with Crippen molar-refractivity contribution in [2.75, 3.05) is 14.2 Å². The van der Waals surface area contributed by atoms with Gasteiger partial charge in [0, 0.05) is 11.8 Å². The molecule has 0 saturated carbocycles. The molecule has 0 atom stereocenters. The molecule has 0 amide bonds. The Bertz CT molecular complexity index is 284. The van der Waals surface area contributed by atoms with E-state index in [1.165, 1.54) is 0 Å². The van der Waals surface area contributed by atoms with Crippen molar-refractivity contribution >= 4 is 0 Å². The Hall–Kier alpha value is -1.25. The molecule has 0 radical (unpaired) electrons. The van der Waals surface area contributed by atoms with E-state index in [1.807, 2.05) is 6.07 Å². The monoisotopic (exact) mass is 181 g/mol. The Morgan fingerprint density at radius 3 is 2.38 bits per heavy atom. The van der Waals surface area contributed by atoms with Crippen LogP contribution in [0.25, 0.3) is 0 Å². The fourth-order valence-corrected chi connectivity index (χ4v) is 1.25. The summed E-state index contributed by atoms with van der Waals surface area (Å²) >= 11 is 0.